The lowest BCUT2D eigenvalue weighted by molar-refractivity contribution is 0.264. The number of benzene rings is 1. The van der Waals surface area contributed by atoms with Crippen molar-refractivity contribution in [3.8, 4) is 11.4 Å². The van der Waals surface area contributed by atoms with E-state index < -0.39 is 0 Å². The van der Waals surface area contributed by atoms with Crippen molar-refractivity contribution in [3.63, 3.8) is 0 Å². The molecule has 0 saturated carbocycles. The fourth-order valence-corrected chi connectivity index (χ4v) is 4.36. The van der Waals surface area contributed by atoms with E-state index in [4.69, 9.17) is 0 Å². The molecule has 0 bridgehead atoms. The highest BCUT2D eigenvalue weighted by Gasteiger charge is 2.19. The second-order valence-electron chi connectivity index (χ2n) is 6.95. The van der Waals surface area contributed by atoms with Crippen molar-refractivity contribution in [1.29, 1.82) is 0 Å². The lowest BCUT2D eigenvalue weighted by atomic mass is 10.1. The second-order valence-corrected chi connectivity index (χ2v) is 7.98. The van der Waals surface area contributed by atoms with Crippen molar-refractivity contribution >= 4 is 26.8 Å². The van der Waals surface area contributed by atoms with Crippen LogP contribution in [0.1, 0.15) is 24.0 Å². The van der Waals surface area contributed by atoms with Gasteiger partial charge in [-0.15, -0.1) is 5.10 Å². The number of phenolic OH excluding ortho intramolecular Hbond substituents is 1. The Balaban J connectivity index is 1.58. The minimum absolute atomic E-state index is 0.248. The van der Waals surface area contributed by atoms with E-state index in [1.807, 2.05) is 26.1 Å². The third kappa shape index (κ3) is 3.21. The van der Waals surface area contributed by atoms with E-state index in [0.29, 0.717) is 6.04 Å². The van der Waals surface area contributed by atoms with Gasteiger partial charge in [-0.25, -0.2) is 4.68 Å². The number of thiazole rings is 1. The molecule has 4 rings (SSSR count). The highest BCUT2D eigenvalue weighted by Crippen LogP contribution is 2.31. The van der Waals surface area contributed by atoms with Crippen LogP contribution in [0.15, 0.2) is 18.3 Å². The van der Waals surface area contributed by atoms with Gasteiger partial charge in [0.05, 0.1) is 10.9 Å². The molecule has 2 N–H and O–H groups in total. The zero-order valence-corrected chi connectivity index (χ0v) is 15.6. The number of aromatic nitrogens is 3. The Bertz CT molecular complexity index is 853. The number of nitrogens with one attached hydrogen (secondary N) is 1. The standard InChI is InChI=1S/C18H23N5OS/c1-11-8-12(2)16(14(24)9-11)23-10-15-17(21-23)20-18(25-15)19-13-4-6-22(3)7-5-13/h8-10,13,24H,4-7H2,1-3H3,(H,19,20,21). The van der Waals surface area contributed by atoms with Gasteiger partial charge in [0, 0.05) is 6.04 Å². The van der Waals surface area contributed by atoms with Crippen LogP contribution < -0.4 is 5.32 Å². The van der Waals surface area contributed by atoms with Crippen molar-refractivity contribution in [2.24, 2.45) is 0 Å². The van der Waals surface area contributed by atoms with Gasteiger partial charge in [-0.05, 0) is 64.0 Å². The van der Waals surface area contributed by atoms with Crippen LogP contribution >= 0.6 is 11.3 Å². The molecule has 0 amide bonds. The molecule has 3 heterocycles. The van der Waals surface area contributed by atoms with Gasteiger partial charge >= 0.3 is 0 Å². The highest BCUT2D eigenvalue weighted by atomic mass is 32.1. The number of piperidine rings is 1. The zero-order chi connectivity index (χ0) is 17.6. The maximum Gasteiger partial charge on any atom is 0.194 e. The van der Waals surface area contributed by atoms with Crippen LogP contribution in [0, 0.1) is 13.8 Å². The van der Waals surface area contributed by atoms with Gasteiger partial charge < -0.3 is 15.3 Å². The summed E-state index contributed by atoms with van der Waals surface area (Å²) in [6.45, 7) is 6.21. The van der Waals surface area contributed by atoms with Crippen molar-refractivity contribution in [2.75, 3.05) is 25.5 Å². The summed E-state index contributed by atoms with van der Waals surface area (Å²) >= 11 is 1.62. The van der Waals surface area contributed by atoms with E-state index in [1.54, 1.807) is 22.1 Å². The van der Waals surface area contributed by atoms with Crippen LogP contribution in [0.2, 0.25) is 0 Å². The number of rotatable bonds is 3. The van der Waals surface area contributed by atoms with E-state index in [0.717, 1.165) is 58.2 Å². The summed E-state index contributed by atoms with van der Waals surface area (Å²) in [6, 6.07) is 4.30. The predicted molar refractivity (Wildman–Crippen MR) is 102 cm³/mol. The van der Waals surface area contributed by atoms with Crippen LogP contribution in [0.4, 0.5) is 5.13 Å². The Morgan fingerprint density at radius 2 is 2.00 bits per heavy atom. The number of aromatic hydroxyl groups is 1. The first-order valence-corrected chi connectivity index (χ1v) is 9.43. The zero-order valence-electron chi connectivity index (χ0n) is 14.8. The fourth-order valence-electron chi connectivity index (χ4n) is 3.46. The first-order valence-electron chi connectivity index (χ1n) is 8.61. The van der Waals surface area contributed by atoms with Crippen molar-refractivity contribution in [2.45, 2.75) is 32.7 Å². The average molecular weight is 357 g/mol. The molecule has 7 heteroatoms. The Hall–Kier alpha value is -2.12. The Kier molecular flexibility index (Phi) is 4.13. The summed E-state index contributed by atoms with van der Waals surface area (Å²) in [5.74, 6) is 0.248. The third-order valence-corrected chi connectivity index (χ3v) is 5.69. The molecule has 6 nitrogen and oxygen atoms in total. The number of hydrogen-bond acceptors (Lipinski definition) is 6. The Morgan fingerprint density at radius 1 is 1.24 bits per heavy atom. The Labute approximate surface area is 151 Å². The summed E-state index contributed by atoms with van der Waals surface area (Å²) in [4.78, 5) is 6.99. The minimum atomic E-state index is 0.248. The molecule has 1 fully saturated rings. The molecule has 1 saturated heterocycles. The summed E-state index contributed by atoms with van der Waals surface area (Å²) < 4.78 is 2.76. The summed E-state index contributed by atoms with van der Waals surface area (Å²) in [5.41, 5.74) is 3.48. The lowest BCUT2D eigenvalue weighted by Gasteiger charge is -2.29. The molecule has 0 radical (unpaired) electrons. The topological polar surface area (TPSA) is 66.2 Å². The van der Waals surface area contributed by atoms with Gasteiger partial charge in [0.1, 0.15) is 11.4 Å². The molecule has 1 aliphatic heterocycles. The molecular weight excluding hydrogens is 334 g/mol. The number of hydrogen-bond donors (Lipinski definition) is 2. The first-order chi connectivity index (χ1) is 12.0. The molecule has 3 aromatic rings. The van der Waals surface area contributed by atoms with E-state index in [1.165, 1.54) is 0 Å². The van der Waals surface area contributed by atoms with Gasteiger partial charge in [0.25, 0.3) is 0 Å². The summed E-state index contributed by atoms with van der Waals surface area (Å²) in [6.07, 6.45) is 4.23. The molecule has 25 heavy (non-hydrogen) atoms. The largest absolute Gasteiger partial charge is 0.506 e. The number of fused-ring (bicyclic) bond motifs is 1. The van der Waals surface area contributed by atoms with Crippen LogP contribution in [0.5, 0.6) is 5.75 Å². The average Bonchev–Trinajstić information content (AvgIpc) is 3.07. The van der Waals surface area contributed by atoms with Gasteiger partial charge in [0.2, 0.25) is 0 Å². The maximum atomic E-state index is 10.3. The minimum Gasteiger partial charge on any atom is -0.506 e. The molecular formula is C18H23N5OS. The normalized spacial score (nSPS) is 16.6. The molecule has 1 aromatic carbocycles. The fraction of sp³-hybridized carbons (Fsp3) is 0.444. The van der Waals surface area contributed by atoms with E-state index in [2.05, 4.69) is 27.3 Å². The Morgan fingerprint density at radius 3 is 2.68 bits per heavy atom. The van der Waals surface area contributed by atoms with Crippen molar-refractivity contribution in [3.05, 3.63) is 29.5 Å². The quantitative estimate of drug-likeness (QED) is 0.753. The van der Waals surface area contributed by atoms with Crippen LogP contribution in [0.25, 0.3) is 16.0 Å². The third-order valence-electron chi connectivity index (χ3n) is 4.78. The number of aryl methyl sites for hydroxylation is 2. The maximum absolute atomic E-state index is 10.3. The second kappa shape index (κ2) is 6.31. The van der Waals surface area contributed by atoms with Gasteiger partial charge in [0.15, 0.2) is 10.8 Å². The molecule has 0 atom stereocenters. The van der Waals surface area contributed by atoms with E-state index in [-0.39, 0.29) is 5.75 Å². The van der Waals surface area contributed by atoms with Crippen molar-refractivity contribution in [1.82, 2.24) is 19.7 Å². The van der Waals surface area contributed by atoms with Gasteiger partial charge in [-0.1, -0.05) is 17.4 Å². The lowest BCUT2D eigenvalue weighted by Crippen LogP contribution is -2.36. The molecule has 0 unspecified atom stereocenters. The van der Waals surface area contributed by atoms with Crippen LogP contribution in [0.3, 0.4) is 0 Å². The summed E-state index contributed by atoms with van der Waals surface area (Å²) in [5, 5.41) is 19.3. The first kappa shape index (κ1) is 16.4. The summed E-state index contributed by atoms with van der Waals surface area (Å²) in [7, 11) is 2.17. The van der Waals surface area contributed by atoms with Crippen LogP contribution in [-0.2, 0) is 0 Å². The van der Waals surface area contributed by atoms with Gasteiger partial charge in [-0.2, -0.15) is 4.98 Å². The van der Waals surface area contributed by atoms with E-state index >= 15 is 0 Å². The number of likely N-dealkylation sites (tertiary alicyclic amines) is 1. The number of anilines is 1. The van der Waals surface area contributed by atoms with Gasteiger partial charge in [-0.3, -0.25) is 0 Å². The monoisotopic (exact) mass is 357 g/mol. The van der Waals surface area contributed by atoms with Crippen molar-refractivity contribution < 1.29 is 5.11 Å². The smallest absolute Gasteiger partial charge is 0.194 e. The highest BCUT2D eigenvalue weighted by molar-refractivity contribution is 7.22. The number of nitrogens with zero attached hydrogens (tertiary/aromatic N) is 4. The molecule has 1 aliphatic rings. The predicted octanol–water partition coefficient (Wildman–Crippen LogP) is 3.31. The molecule has 0 aliphatic carbocycles. The number of phenols is 1. The SMILES string of the molecule is Cc1cc(C)c(-n2cc3sc(NC4CCN(C)CC4)nc3n2)c(O)c1. The molecule has 0 spiro atoms. The van der Waals surface area contributed by atoms with Crippen LogP contribution in [-0.4, -0.2) is 50.9 Å². The van der Waals surface area contributed by atoms with E-state index in [9.17, 15) is 5.11 Å². The molecule has 132 valence electrons. The molecule has 2 aromatic heterocycles.